The first-order chi connectivity index (χ1) is 9.50. The van der Waals surface area contributed by atoms with E-state index in [0.717, 1.165) is 12.2 Å². The van der Waals surface area contributed by atoms with Crippen molar-refractivity contribution in [1.29, 1.82) is 0 Å². The number of esters is 2. The van der Waals surface area contributed by atoms with Crippen molar-refractivity contribution in [3.63, 3.8) is 0 Å². The third-order valence-electron chi connectivity index (χ3n) is 3.08. The molecule has 0 N–H and O–H groups in total. The van der Waals surface area contributed by atoms with E-state index in [1.807, 2.05) is 48.7 Å². The molecule has 114 valence electrons. The highest BCUT2D eigenvalue weighted by Crippen LogP contribution is 2.86. The third kappa shape index (κ3) is 3.36. The van der Waals surface area contributed by atoms with Crippen molar-refractivity contribution in [3.8, 4) is 0 Å². The molecule has 0 spiro atoms. The minimum Gasteiger partial charge on any atom is -0.419 e. The summed E-state index contributed by atoms with van der Waals surface area (Å²) in [5, 5.41) is 2.43. The Morgan fingerprint density at radius 2 is 1.33 bits per heavy atom. The van der Waals surface area contributed by atoms with Gasteiger partial charge >= 0.3 is 11.9 Å². The standard InChI is InChI=1S/C16H20O4S/c1-21(2,3,4)12-8-6-5-7-9-13-16(21)20-15(18)11-10-14(17)19-13/h5-12H,1-4H3/b6-5-,9-7-,11-10-,12-8-,16-13+. The van der Waals surface area contributed by atoms with Crippen LogP contribution in [-0.2, 0) is 19.1 Å². The van der Waals surface area contributed by atoms with Crippen LogP contribution in [0.25, 0.3) is 0 Å². The molecular formula is C16H20O4S. The predicted octanol–water partition coefficient (Wildman–Crippen LogP) is 2.85. The van der Waals surface area contributed by atoms with Crippen LogP contribution in [0.4, 0.5) is 0 Å². The van der Waals surface area contributed by atoms with Gasteiger partial charge in [0, 0.05) is 12.2 Å². The van der Waals surface area contributed by atoms with E-state index in [9.17, 15) is 9.59 Å². The lowest BCUT2D eigenvalue weighted by atomic mass is 10.4. The molecule has 4 nitrogen and oxygen atoms in total. The molecule has 0 aromatic carbocycles. The topological polar surface area (TPSA) is 52.6 Å². The van der Waals surface area contributed by atoms with Gasteiger partial charge in [-0.15, -0.1) is 0 Å². The molecule has 0 fully saturated rings. The summed E-state index contributed by atoms with van der Waals surface area (Å²) in [5.74, 6) is -0.902. The molecule has 0 amide bonds. The average Bonchev–Trinajstić information content (AvgIpc) is 2.36. The summed E-state index contributed by atoms with van der Waals surface area (Å²) in [6.07, 6.45) is 19.3. The van der Waals surface area contributed by atoms with E-state index < -0.39 is 20.2 Å². The number of ether oxygens (including phenoxy) is 2. The molecule has 2 heterocycles. The van der Waals surface area contributed by atoms with Crippen LogP contribution >= 0.6 is 8.29 Å². The summed E-state index contributed by atoms with van der Waals surface area (Å²) in [4.78, 5) is 23.6. The van der Waals surface area contributed by atoms with Crippen LogP contribution in [0, 0.1) is 0 Å². The molecule has 0 atom stereocenters. The number of rotatable bonds is 0. The molecule has 2 rings (SSSR count). The van der Waals surface area contributed by atoms with Gasteiger partial charge in [-0.1, -0.05) is 29.7 Å². The molecule has 0 unspecified atom stereocenters. The maximum Gasteiger partial charge on any atom is 0.336 e. The van der Waals surface area contributed by atoms with Crippen molar-refractivity contribution in [2.45, 2.75) is 0 Å². The fraction of sp³-hybridized carbons (Fsp3) is 0.250. The fourth-order valence-electron chi connectivity index (χ4n) is 1.98. The van der Waals surface area contributed by atoms with Gasteiger partial charge in [-0.25, -0.2) is 17.9 Å². The molecule has 0 radical (unpaired) electrons. The Bertz CT molecular complexity index is 666. The minimum atomic E-state index is -3.08. The van der Waals surface area contributed by atoms with Crippen LogP contribution in [0.2, 0.25) is 0 Å². The Kier molecular flexibility index (Phi) is 3.11. The normalized spacial score (nSPS) is 38.5. The minimum absolute atomic E-state index is 0.269. The predicted molar refractivity (Wildman–Crippen MR) is 87.1 cm³/mol. The Morgan fingerprint density at radius 3 is 2.00 bits per heavy atom. The second-order valence-electron chi connectivity index (χ2n) is 7.23. The molecule has 21 heavy (non-hydrogen) atoms. The molecular weight excluding hydrogens is 288 g/mol. The molecule has 0 aliphatic carbocycles. The molecule has 2 aliphatic heterocycles. The van der Waals surface area contributed by atoms with Gasteiger partial charge in [0.25, 0.3) is 0 Å². The lowest BCUT2D eigenvalue weighted by molar-refractivity contribution is -0.138. The van der Waals surface area contributed by atoms with Crippen LogP contribution in [0.15, 0.2) is 58.8 Å². The Hall–Kier alpha value is -2.01. The first-order valence-corrected chi connectivity index (χ1v) is 10.6. The maximum absolute atomic E-state index is 11.9. The van der Waals surface area contributed by atoms with E-state index in [4.69, 9.17) is 9.47 Å². The van der Waals surface area contributed by atoms with Crippen molar-refractivity contribution in [1.82, 2.24) is 0 Å². The third-order valence-corrected chi connectivity index (χ3v) is 6.44. The van der Waals surface area contributed by atoms with Gasteiger partial charge in [0.1, 0.15) is 0 Å². The van der Waals surface area contributed by atoms with Gasteiger partial charge in [-0.05, 0) is 31.1 Å². The van der Waals surface area contributed by atoms with Crippen molar-refractivity contribution in [2.24, 2.45) is 0 Å². The Morgan fingerprint density at radius 1 is 0.762 bits per heavy atom. The van der Waals surface area contributed by atoms with Crippen molar-refractivity contribution in [2.75, 3.05) is 25.0 Å². The highest BCUT2D eigenvalue weighted by atomic mass is 32.4. The van der Waals surface area contributed by atoms with E-state index in [2.05, 4.69) is 0 Å². The van der Waals surface area contributed by atoms with E-state index in [-0.39, 0.29) is 5.76 Å². The lowest BCUT2D eigenvalue weighted by Crippen LogP contribution is -2.34. The van der Waals surface area contributed by atoms with Gasteiger partial charge < -0.3 is 9.47 Å². The molecule has 5 heteroatoms. The molecule has 0 saturated heterocycles. The van der Waals surface area contributed by atoms with Crippen LogP contribution in [0.5, 0.6) is 0 Å². The van der Waals surface area contributed by atoms with Gasteiger partial charge in [0.05, 0.1) is 0 Å². The number of hydrogen-bond acceptors (Lipinski definition) is 4. The van der Waals surface area contributed by atoms with Crippen molar-refractivity contribution >= 4 is 20.2 Å². The van der Waals surface area contributed by atoms with Crippen LogP contribution in [0.1, 0.15) is 0 Å². The van der Waals surface area contributed by atoms with E-state index >= 15 is 0 Å². The lowest BCUT2D eigenvalue weighted by Gasteiger charge is -2.66. The van der Waals surface area contributed by atoms with Crippen LogP contribution in [0.3, 0.4) is 0 Å². The van der Waals surface area contributed by atoms with Gasteiger partial charge in [0.15, 0.2) is 10.9 Å². The summed E-state index contributed by atoms with van der Waals surface area (Å²) in [7, 11) is -3.08. The molecule has 0 aromatic rings. The van der Waals surface area contributed by atoms with Crippen LogP contribution < -0.4 is 0 Å². The number of carbonyl (C=O) groups is 2. The van der Waals surface area contributed by atoms with E-state index in [0.29, 0.717) is 5.09 Å². The first kappa shape index (κ1) is 15.4. The maximum atomic E-state index is 11.9. The van der Waals surface area contributed by atoms with Gasteiger partial charge in [0.2, 0.25) is 0 Å². The zero-order valence-corrected chi connectivity index (χ0v) is 13.5. The fourth-order valence-corrected chi connectivity index (χ4v) is 4.40. The van der Waals surface area contributed by atoms with Crippen molar-refractivity contribution in [3.05, 3.63) is 58.8 Å². The quantitative estimate of drug-likeness (QED) is 0.646. The Labute approximate surface area is 123 Å². The SMILES string of the molecule is CS1(C)(C)(C)\C=C/C=C\C=C/C2=C\1OC(=O)/C=C\C(=O)O2. The molecule has 2 aliphatic rings. The van der Waals surface area contributed by atoms with E-state index in [1.165, 1.54) is 0 Å². The number of hydrogen-bond donors (Lipinski definition) is 0. The first-order valence-electron chi connectivity index (χ1n) is 6.41. The summed E-state index contributed by atoms with van der Waals surface area (Å²) in [6.45, 7) is 0. The number of allylic oxidation sites excluding steroid dienone is 5. The van der Waals surface area contributed by atoms with E-state index in [1.54, 1.807) is 12.2 Å². The van der Waals surface area contributed by atoms with Crippen molar-refractivity contribution < 1.29 is 19.1 Å². The van der Waals surface area contributed by atoms with Crippen LogP contribution in [-0.4, -0.2) is 37.0 Å². The Balaban J connectivity index is 2.78. The second-order valence-corrected chi connectivity index (χ2v) is 16.5. The smallest absolute Gasteiger partial charge is 0.336 e. The highest BCUT2D eigenvalue weighted by molar-refractivity contribution is 8.67. The molecule has 0 saturated carbocycles. The zero-order valence-electron chi connectivity index (χ0n) is 12.7. The molecule has 0 bridgehead atoms. The van der Waals surface area contributed by atoms with Gasteiger partial charge in [-0.2, -0.15) is 0 Å². The summed E-state index contributed by atoms with van der Waals surface area (Å²) >= 11 is 0. The highest BCUT2D eigenvalue weighted by Gasteiger charge is 2.49. The summed E-state index contributed by atoms with van der Waals surface area (Å²) in [5.41, 5.74) is 0. The summed E-state index contributed by atoms with van der Waals surface area (Å²) < 4.78 is 10.9. The summed E-state index contributed by atoms with van der Waals surface area (Å²) in [6, 6.07) is 0. The second kappa shape index (κ2) is 4.24. The van der Waals surface area contributed by atoms with Gasteiger partial charge in [-0.3, -0.25) is 0 Å². The largest absolute Gasteiger partial charge is 0.419 e. The monoisotopic (exact) mass is 308 g/mol. The zero-order chi connectivity index (χ0) is 15.8. The average molecular weight is 308 g/mol. The number of carbonyl (C=O) groups excluding carboxylic acids is 2. The molecule has 0 aromatic heterocycles.